The highest BCUT2D eigenvalue weighted by molar-refractivity contribution is 5.64. The average molecular weight is 326 g/mol. The van der Waals surface area contributed by atoms with Gasteiger partial charge in [-0.25, -0.2) is 4.39 Å². The summed E-state index contributed by atoms with van der Waals surface area (Å²) in [5.41, 5.74) is 7.20. The molecule has 4 nitrogen and oxygen atoms in total. The molecule has 3 rings (SSSR count). The summed E-state index contributed by atoms with van der Waals surface area (Å²) in [6.07, 6.45) is 0. The normalized spacial score (nSPS) is 13.6. The number of nitrogens with zero attached hydrogens (tertiary/aromatic N) is 1. The first-order valence-electron chi connectivity index (χ1n) is 7.76. The molecular weight excluding hydrogens is 307 g/mol. The Hall–Kier alpha value is -2.66. The highest BCUT2D eigenvalue weighted by Gasteiger charge is 2.34. The summed E-state index contributed by atoms with van der Waals surface area (Å²) in [4.78, 5) is 0. The van der Waals surface area contributed by atoms with E-state index in [4.69, 9.17) is 15.0 Å². The fourth-order valence-electron chi connectivity index (χ4n) is 2.77. The van der Waals surface area contributed by atoms with Crippen LogP contribution in [0.3, 0.4) is 0 Å². The number of ether oxygens (including phenoxy) is 1. The second-order valence-electron chi connectivity index (χ2n) is 5.64. The second kappa shape index (κ2) is 6.45. The minimum absolute atomic E-state index is 0.192. The maximum absolute atomic E-state index is 14.7. The zero-order chi connectivity index (χ0) is 17.2. The van der Waals surface area contributed by atoms with Crippen LogP contribution < -0.4 is 5.73 Å². The lowest BCUT2D eigenvalue weighted by molar-refractivity contribution is -0.00142. The largest absolute Gasteiger partial charge is 0.368 e. The molecule has 2 aromatic carbocycles. The summed E-state index contributed by atoms with van der Waals surface area (Å²) >= 11 is 0. The van der Waals surface area contributed by atoms with E-state index >= 15 is 0 Å². The number of rotatable bonds is 5. The Morgan fingerprint density at radius 2 is 1.92 bits per heavy atom. The highest BCUT2D eigenvalue weighted by atomic mass is 19.1. The van der Waals surface area contributed by atoms with E-state index in [0.717, 1.165) is 5.56 Å². The zero-order valence-corrected chi connectivity index (χ0v) is 13.6. The van der Waals surface area contributed by atoms with E-state index < -0.39 is 5.60 Å². The fourth-order valence-corrected chi connectivity index (χ4v) is 2.77. The van der Waals surface area contributed by atoms with Gasteiger partial charge in [-0.1, -0.05) is 47.6 Å². The molecule has 0 aliphatic carbocycles. The Bertz CT molecular complexity index is 832. The van der Waals surface area contributed by atoms with Crippen molar-refractivity contribution in [2.24, 2.45) is 0 Å². The smallest absolute Gasteiger partial charge is 0.222 e. The number of nitrogens with two attached hydrogens (primary N) is 1. The van der Waals surface area contributed by atoms with Gasteiger partial charge in [0.05, 0.1) is 0 Å². The van der Waals surface area contributed by atoms with Crippen molar-refractivity contribution in [2.45, 2.75) is 19.4 Å². The molecule has 0 amide bonds. The highest BCUT2D eigenvalue weighted by Crippen LogP contribution is 2.35. The van der Waals surface area contributed by atoms with Gasteiger partial charge in [0.2, 0.25) is 5.88 Å². The molecule has 0 bridgehead atoms. The summed E-state index contributed by atoms with van der Waals surface area (Å²) in [7, 11) is 0. The van der Waals surface area contributed by atoms with Crippen LogP contribution in [0.2, 0.25) is 0 Å². The van der Waals surface area contributed by atoms with Crippen LogP contribution in [0.4, 0.5) is 10.3 Å². The SMILES string of the molecule is CCOC(C)(c1ccc(-c2ccccc2)c(F)c1)c1cc(N)on1. The summed E-state index contributed by atoms with van der Waals surface area (Å²) in [5, 5.41) is 3.95. The lowest BCUT2D eigenvalue weighted by atomic mass is 9.90. The first-order valence-corrected chi connectivity index (χ1v) is 7.76. The van der Waals surface area contributed by atoms with Crippen molar-refractivity contribution in [1.29, 1.82) is 0 Å². The first-order chi connectivity index (χ1) is 11.5. The zero-order valence-electron chi connectivity index (χ0n) is 13.6. The van der Waals surface area contributed by atoms with E-state index in [1.54, 1.807) is 12.1 Å². The molecule has 1 atom stereocenters. The molecule has 1 aromatic heterocycles. The van der Waals surface area contributed by atoms with Crippen molar-refractivity contribution in [2.75, 3.05) is 12.3 Å². The number of nitrogen functional groups attached to an aromatic ring is 1. The molecule has 5 heteroatoms. The predicted octanol–water partition coefficient (Wildman–Crippen LogP) is 4.36. The number of halogens is 1. The Balaban J connectivity index is 2.05. The average Bonchev–Trinajstić information content (AvgIpc) is 3.03. The number of hydrogen-bond donors (Lipinski definition) is 1. The molecule has 1 unspecified atom stereocenters. The fraction of sp³-hybridized carbons (Fsp3) is 0.211. The third-order valence-corrected chi connectivity index (χ3v) is 4.05. The van der Waals surface area contributed by atoms with Crippen LogP contribution in [0.1, 0.15) is 25.1 Å². The monoisotopic (exact) mass is 326 g/mol. The van der Waals surface area contributed by atoms with Crippen molar-refractivity contribution in [1.82, 2.24) is 5.16 Å². The standard InChI is InChI=1S/C19H19FN2O2/c1-3-23-19(2,17-12-18(21)24-22-17)14-9-10-15(16(20)11-14)13-7-5-4-6-8-13/h4-12H,3,21H2,1-2H3. The third kappa shape index (κ3) is 2.90. The molecule has 0 saturated heterocycles. The van der Waals surface area contributed by atoms with E-state index in [0.29, 0.717) is 23.4 Å². The lowest BCUT2D eigenvalue weighted by Gasteiger charge is -2.28. The molecule has 0 aliphatic heterocycles. The van der Waals surface area contributed by atoms with Crippen molar-refractivity contribution in [3.63, 3.8) is 0 Å². The molecule has 0 radical (unpaired) electrons. The van der Waals surface area contributed by atoms with Gasteiger partial charge in [0.15, 0.2) is 0 Å². The molecule has 124 valence electrons. The topological polar surface area (TPSA) is 61.3 Å². The molecule has 3 aromatic rings. The Kier molecular flexibility index (Phi) is 4.36. The first kappa shape index (κ1) is 16.2. The Morgan fingerprint density at radius 3 is 2.50 bits per heavy atom. The molecule has 0 spiro atoms. The molecule has 2 N–H and O–H groups in total. The molecule has 0 aliphatic rings. The summed E-state index contributed by atoms with van der Waals surface area (Å²) in [5.74, 6) is -0.126. The molecule has 0 fully saturated rings. The van der Waals surface area contributed by atoms with Crippen molar-refractivity contribution >= 4 is 5.88 Å². The van der Waals surface area contributed by atoms with E-state index in [2.05, 4.69) is 5.16 Å². The summed E-state index contributed by atoms with van der Waals surface area (Å²) in [6.45, 7) is 4.13. The molecule has 1 heterocycles. The van der Waals surface area contributed by atoms with Gasteiger partial charge < -0.3 is 15.0 Å². The van der Waals surface area contributed by atoms with E-state index in [1.165, 1.54) is 6.07 Å². The number of hydrogen-bond acceptors (Lipinski definition) is 4. The summed E-state index contributed by atoms with van der Waals surface area (Å²) < 4.78 is 25.5. The van der Waals surface area contributed by atoms with Gasteiger partial charge in [-0.3, -0.25) is 0 Å². The van der Waals surface area contributed by atoms with Gasteiger partial charge in [-0.15, -0.1) is 0 Å². The maximum Gasteiger partial charge on any atom is 0.222 e. The number of benzene rings is 2. The van der Waals surface area contributed by atoms with Crippen LogP contribution in [0, 0.1) is 5.82 Å². The lowest BCUT2D eigenvalue weighted by Crippen LogP contribution is -2.28. The minimum Gasteiger partial charge on any atom is -0.368 e. The van der Waals surface area contributed by atoms with Gasteiger partial charge in [0.1, 0.15) is 17.1 Å². The van der Waals surface area contributed by atoms with Crippen molar-refractivity contribution in [3.8, 4) is 11.1 Å². The van der Waals surface area contributed by atoms with Crippen LogP contribution in [0.25, 0.3) is 11.1 Å². The van der Waals surface area contributed by atoms with Gasteiger partial charge in [0.25, 0.3) is 0 Å². The van der Waals surface area contributed by atoms with E-state index in [1.807, 2.05) is 50.2 Å². The van der Waals surface area contributed by atoms with E-state index in [-0.39, 0.29) is 11.7 Å². The van der Waals surface area contributed by atoms with Crippen LogP contribution in [-0.2, 0) is 10.3 Å². The molecule has 0 saturated carbocycles. The molecule has 24 heavy (non-hydrogen) atoms. The maximum atomic E-state index is 14.7. The summed E-state index contributed by atoms with van der Waals surface area (Å²) in [6, 6.07) is 16.1. The third-order valence-electron chi connectivity index (χ3n) is 4.05. The van der Waals surface area contributed by atoms with E-state index in [9.17, 15) is 4.39 Å². The Labute approximate surface area is 140 Å². The van der Waals surface area contributed by atoms with Crippen LogP contribution in [0.5, 0.6) is 0 Å². The molecular formula is C19H19FN2O2. The van der Waals surface area contributed by atoms with Crippen molar-refractivity contribution in [3.05, 3.63) is 71.7 Å². The van der Waals surface area contributed by atoms with Crippen LogP contribution in [0.15, 0.2) is 59.1 Å². The van der Waals surface area contributed by atoms with Gasteiger partial charge in [-0.05, 0) is 31.0 Å². The second-order valence-corrected chi connectivity index (χ2v) is 5.64. The predicted molar refractivity (Wildman–Crippen MR) is 90.8 cm³/mol. The van der Waals surface area contributed by atoms with Crippen LogP contribution in [-0.4, -0.2) is 11.8 Å². The van der Waals surface area contributed by atoms with Crippen molar-refractivity contribution < 1.29 is 13.7 Å². The van der Waals surface area contributed by atoms with Gasteiger partial charge in [0, 0.05) is 18.2 Å². The quantitative estimate of drug-likeness (QED) is 0.756. The van der Waals surface area contributed by atoms with Crippen LogP contribution >= 0.6 is 0 Å². The Morgan fingerprint density at radius 1 is 1.17 bits per heavy atom. The van der Waals surface area contributed by atoms with Gasteiger partial charge >= 0.3 is 0 Å². The minimum atomic E-state index is -0.939. The number of aromatic nitrogens is 1. The number of anilines is 1. The van der Waals surface area contributed by atoms with Gasteiger partial charge in [-0.2, -0.15) is 0 Å².